The van der Waals surface area contributed by atoms with Crippen molar-refractivity contribution >= 4 is 5.78 Å². The molecule has 0 N–H and O–H groups in total. The second-order valence-electron chi connectivity index (χ2n) is 8.21. The van der Waals surface area contributed by atoms with Gasteiger partial charge in [-0.05, 0) is 68.1 Å². The van der Waals surface area contributed by atoms with Crippen LogP contribution in [0.4, 0.5) is 0 Å². The molecule has 0 bridgehead atoms. The third kappa shape index (κ3) is 1.67. The Morgan fingerprint density at radius 1 is 1.19 bits per heavy atom. The van der Waals surface area contributed by atoms with Crippen LogP contribution in [0.5, 0.6) is 0 Å². The molecule has 0 spiro atoms. The SMILES string of the molecule is C=C[C@]12CC[C@H]3[C@@H](CC=C4CCCC[C@@]43C)[C@@H]1CCC2=O. The van der Waals surface area contributed by atoms with Crippen LogP contribution in [0.25, 0.3) is 0 Å². The molecule has 114 valence electrons. The molecule has 0 aromatic rings. The number of allylic oxidation sites excluding steroid dienone is 3. The smallest absolute Gasteiger partial charge is 0.143 e. The number of fused-ring (bicyclic) bond motifs is 5. The summed E-state index contributed by atoms with van der Waals surface area (Å²) < 4.78 is 0. The lowest BCUT2D eigenvalue weighted by molar-refractivity contribution is -0.129. The van der Waals surface area contributed by atoms with Crippen LogP contribution in [-0.2, 0) is 4.79 Å². The van der Waals surface area contributed by atoms with Crippen molar-refractivity contribution in [2.75, 3.05) is 0 Å². The first-order chi connectivity index (χ1) is 10.1. The Balaban J connectivity index is 1.73. The number of rotatable bonds is 1. The molecule has 4 aliphatic rings. The molecule has 0 saturated heterocycles. The van der Waals surface area contributed by atoms with Crippen molar-refractivity contribution in [3.05, 3.63) is 24.3 Å². The molecule has 0 amide bonds. The molecule has 1 nitrogen and oxygen atoms in total. The molecular formula is C20H28O. The number of ketones is 1. The van der Waals surface area contributed by atoms with Gasteiger partial charge in [0.25, 0.3) is 0 Å². The van der Waals surface area contributed by atoms with E-state index >= 15 is 0 Å². The molecule has 3 saturated carbocycles. The molecule has 4 aliphatic carbocycles. The van der Waals surface area contributed by atoms with Gasteiger partial charge in [-0.2, -0.15) is 0 Å². The van der Waals surface area contributed by atoms with Crippen LogP contribution in [-0.4, -0.2) is 5.78 Å². The van der Waals surface area contributed by atoms with E-state index in [2.05, 4.69) is 19.6 Å². The molecule has 5 atom stereocenters. The van der Waals surface area contributed by atoms with E-state index in [0.29, 0.717) is 17.1 Å². The molecule has 21 heavy (non-hydrogen) atoms. The van der Waals surface area contributed by atoms with Crippen LogP contribution in [0.2, 0.25) is 0 Å². The highest BCUT2D eigenvalue weighted by molar-refractivity contribution is 5.89. The lowest BCUT2D eigenvalue weighted by atomic mass is 9.48. The fraction of sp³-hybridized carbons (Fsp3) is 0.750. The van der Waals surface area contributed by atoms with Crippen molar-refractivity contribution in [1.29, 1.82) is 0 Å². The van der Waals surface area contributed by atoms with Gasteiger partial charge in [0.05, 0.1) is 0 Å². The summed E-state index contributed by atoms with van der Waals surface area (Å²) in [5.41, 5.74) is 2.04. The highest BCUT2D eigenvalue weighted by Crippen LogP contribution is 2.64. The number of carbonyl (C=O) groups excluding carboxylic acids is 1. The first-order valence-electron chi connectivity index (χ1n) is 8.98. The zero-order valence-corrected chi connectivity index (χ0v) is 13.4. The molecule has 4 rings (SSSR count). The Labute approximate surface area is 128 Å². The quantitative estimate of drug-likeness (QED) is 0.614. The minimum atomic E-state index is -0.155. The van der Waals surface area contributed by atoms with Crippen molar-refractivity contribution in [3.63, 3.8) is 0 Å². The van der Waals surface area contributed by atoms with E-state index in [1.165, 1.54) is 38.5 Å². The van der Waals surface area contributed by atoms with Crippen LogP contribution in [0.15, 0.2) is 24.3 Å². The van der Waals surface area contributed by atoms with E-state index in [4.69, 9.17) is 0 Å². The predicted octanol–water partition coefficient (Wildman–Crippen LogP) is 5.07. The van der Waals surface area contributed by atoms with E-state index in [0.717, 1.165) is 31.1 Å². The number of carbonyl (C=O) groups is 1. The second-order valence-corrected chi connectivity index (χ2v) is 8.21. The van der Waals surface area contributed by atoms with Gasteiger partial charge in [-0.25, -0.2) is 0 Å². The average Bonchev–Trinajstić information content (AvgIpc) is 2.84. The third-order valence-corrected chi connectivity index (χ3v) is 7.71. The van der Waals surface area contributed by atoms with E-state index in [9.17, 15) is 4.79 Å². The predicted molar refractivity (Wildman–Crippen MR) is 85.9 cm³/mol. The molecule has 1 heteroatoms. The summed E-state index contributed by atoms with van der Waals surface area (Å²) in [6.45, 7) is 6.60. The van der Waals surface area contributed by atoms with Gasteiger partial charge in [0, 0.05) is 11.8 Å². The summed E-state index contributed by atoms with van der Waals surface area (Å²) in [6, 6.07) is 0. The summed E-state index contributed by atoms with van der Waals surface area (Å²) in [4.78, 5) is 12.5. The molecule has 0 heterocycles. The van der Waals surface area contributed by atoms with E-state index in [-0.39, 0.29) is 5.41 Å². The van der Waals surface area contributed by atoms with Gasteiger partial charge < -0.3 is 0 Å². The molecular weight excluding hydrogens is 256 g/mol. The van der Waals surface area contributed by atoms with E-state index in [1.807, 2.05) is 6.08 Å². The Morgan fingerprint density at radius 3 is 2.86 bits per heavy atom. The summed E-state index contributed by atoms with van der Waals surface area (Å²) in [5, 5.41) is 0. The molecule has 3 fully saturated rings. The Bertz CT molecular complexity index is 516. The number of hydrogen-bond donors (Lipinski definition) is 0. The lowest BCUT2D eigenvalue weighted by Crippen LogP contribution is -2.49. The van der Waals surface area contributed by atoms with Crippen LogP contribution in [0.3, 0.4) is 0 Å². The normalized spacial score (nSPS) is 48.9. The van der Waals surface area contributed by atoms with E-state index < -0.39 is 0 Å². The zero-order valence-electron chi connectivity index (χ0n) is 13.4. The molecule has 0 radical (unpaired) electrons. The van der Waals surface area contributed by atoms with Crippen LogP contribution < -0.4 is 0 Å². The number of Topliss-reactive ketones (excluding diaryl/α,β-unsaturated/α-hetero) is 1. The minimum Gasteiger partial charge on any atom is -0.299 e. The van der Waals surface area contributed by atoms with Gasteiger partial charge in [-0.3, -0.25) is 4.79 Å². The van der Waals surface area contributed by atoms with Gasteiger partial charge in [0.15, 0.2) is 0 Å². The van der Waals surface area contributed by atoms with Crippen molar-refractivity contribution in [1.82, 2.24) is 0 Å². The average molecular weight is 284 g/mol. The van der Waals surface area contributed by atoms with Gasteiger partial charge in [-0.1, -0.05) is 31.1 Å². The fourth-order valence-electron chi connectivity index (χ4n) is 6.57. The third-order valence-electron chi connectivity index (χ3n) is 7.71. The highest BCUT2D eigenvalue weighted by Gasteiger charge is 2.58. The Hall–Kier alpha value is -0.850. The second kappa shape index (κ2) is 4.57. The van der Waals surface area contributed by atoms with Crippen molar-refractivity contribution in [3.8, 4) is 0 Å². The maximum atomic E-state index is 12.5. The van der Waals surface area contributed by atoms with Crippen molar-refractivity contribution in [2.24, 2.45) is 28.6 Å². The monoisotopic (exact) mass is 284 g/mol. The van der Waals surface area contributed by atoms with Crippen LogP contribution in [0.1, 0.15) is 64.7 Å². The van der Waals surface area contributed by atoms with Crippen molar-refractivity contribution < 1.29 is 4.79 Å². The summed E-state index contributed by atoms with van der Waals surface area (Å²) >= 11 is 0. The summed E-state index contributed by atoms with van der Waals surface area (Å²) in [6.07, 6.45) is 15.6. The maximum absolute atomic E-state index is 12.5. The maximum Gasteiger partial charge on any atom is 0.143 e. The molecule has 0 aromatic carbocycles. The fourth-order valence-corrected chi connectivity index (χ4v) is 6.57. The molecule has 0 aliphatic heterocycles. The Morgan fingerprint density at radius 2 is 2.05 bits per heavy atom. The van der Waals surface area contributed by atoms with Gasteiger partial charge in [-0.15, -0.1) is 6.58 Å². The van der Waals surface area contributed by atoms with Crippen molar-refractivity contribution in [2.45, 2.75) is 64.7 Å². The first kappa shape index (κ1) is 13.8. The van der Waals surface area contributed by atoms with E-state index in [1.54, 1.807) is 5.57 Å². The molecule has 0 aromatic heterocycles. The largest absolute Gasteiger partial charge is 0.299 e. The zero-order chi connectivity index (χ0) is 14.7. The molecule has 0 unspecified atom stereocenters. The van der Waals surface area contributed by atoms with Gasteiger partial charge in [0.2, 0.25) is 0 Å². The first-order valence-corrected chi connectivity index (χ1v) is 8.98. The lowest BCUT2D eigenvalue weighted by Gasteiger charge is -2.56. The summed E-state index contributed by atoms with van der Waals surface area (Å²) in [5.74, 6) is 2.62. The topological polar surface area (TPSA) is 17.1 Å². The minimum absolute atomic E-state index is 0.155. The summed E-state index contributed by atoms with van der Waals surface area (Å²) in [7, 11) is 0. The van der Waals surface area contributed by atoms with Crippen LogP contribution >= 0.6 is 0 Å². The standard InChI is InChI=1S/C20H28O/c1-3-20-13-11-16-15(17(20)9-10-18(20)21)8-7-14-6-4-5-12-19(14,16)2/h3,7,15-17H,1,4-6,8-13H2,2H3/t15-,16+,17+,19+,20+/m1/s1. The Kier molecular flexibility index (Phi) is 3.00. The van der Waals surface area contributed by atoms with Crippen LogP contribution in [0, 0.1) is 28.6 Å². The van der Waals surface area contributed by atoms with Gasteiger partial charge >= 0.3 is 0 Å². The highest BCUT2D eigenvalue weighted by atomic mass is 16.1. The number of hydrogen-bond acceptors (Lipinski definition) is 1. The van der Waals surface area contributed by atoms with Gasteiger partial charge in [0.1, 0.15) is 5.78 Å².